The van der Waals surface area contributed by atoms with E-state index in [0.29, 0.717) is 0 Å². The van der Waals surface area contributed by atoms with E-state index in [9.17, 15) is 0 Å². The Balaban J connectivity index is 1.83. The summed E-state index contributed by atoms with van der Waals surface area (Å²) in [6.45, 7) is 5.09. The average Bonchev–Trinajstić information content (AvgIpc) is 3.04. The van der Waals surface area contributed by atoms with Gasteiger partial charge in [-0.25, -0.2) is 4.98 Å². The van der Waals surface area contributed by atoms with Crippen molar-refractivity contribution in [3.8, 4) is 16.9 Å². The molecule has 0 fully saturated rings. The van der Waals surface area contributed by atoms with E-state index in [2.05, 4.69) is 36.1 Å². The van der Waals surface area contributed by atoms with Crippen LogP contribution in [0.15, 0.2) is 48.5 Å². The minimum atomic E-state index is 0.784. The summed E-state index contributed by atoms with van der Waals surface area (Å²) in [6.07, 6.45) is 0.970. The molecular weight excluding hydrogens is 322 g/mol. The molecular formula is C22H23N3O. The summed E-state index contributed by atoms with van der Waals surface area (Å²) in [7, 11) is 1.70. The zero-order valence-corrected chi connectivity index (χ0v) is 15.4. The standard InChI is InChI=1S/C22H23N3O/c1-14-11-18(26-3)7-8-21(14)25-10-9-19-20(12-15(2)24-22(19)25)16-5-4-6-17(23)13-16/h4-8,11-13H,9-10,23H2,1-3H3. The van der Waals surface area contributed by atoms with Gasteiger partial charge in [0, 0.05) is 29.2 Å². The smallest absolute Gasteiger partial charge is 0.137 e. The van der Waals surface area contributed by atoms with Crippen LogP contribution in [0.25, 0.3) is 11.1 Å². The predicted molar refractivity (Wildman–Crippen MR) is 107 cm³/mol. The van der Waals surface area contributed by atoms with Crippen LogP contribution in [0.4, 0.5) is 17.2 Å². The van der Waals surface area contributed by atoms with Crippen molar-refractivity contribution in [3.05, 3.63) is 65.4 Å². The Kier molecular flexibility index (Phi) is 4.03. The Morgan fingerprint density at radius 3 is 2.65 bits per heavy atom. The molecule has 2 N–H and O–H groups in total. The third kappa shape index (κ3) is 2.77. The first-order valence-corrected chi connectivity index (χ1v) is 8.85. The van der Waals surface area contributed by atoms with Gasteiger partial charge in [0.1, 0.15) is 11.6 Å². The number of hydrogen-bond acceptors (Lipinski definition) is 4. The molecule has 0 aliphatic carbocycles. The average molecular weight is 345 g/mol. The van der Waals surface area contributed by atoms with Crippen molar-refractivity contribution >= 4 is 17.2 Å². The van der Waals surface area contributed by atoms with Crippen LogP contribution in [0.3, 0.4) is 0 Å². The molecule has 0 atom stereocenters. The molecule has 0 radical (unpaired) electrons. The first-order valence-electron chi connectivity index (χ1n) is 8.85. The molecule has 0 amide bonds. The van der Waals surface area contributed by atoms with Gasteiger partial charge in [-0.1, -0.05) is 12.1 Å². The van der Waals surface area contributed by atoms with Crippen LogP contribution in [0.2, 0.25) is 0 Å². The van der Waals surface area contributed by atoms with Gasteiger partial charge in [0.2, 0.25) is 0 Å². The van der Waals surface area contributed by atoms with Crippen LogP contribution in [0.5, 0.6) is 5.75 Å². The lowest BCUT2D eigenvalue weighted by atomic mass is 9.99. The summed E-state index contributed by atoms with van der Waals surface area (Å²) in [5, 5.41) is 0. The SMILES string of the molecule is COc1ccc(N2CCc3c(-c4cccc(N)c4)cc(C)nc32)c(C)c1. The Bertz CT molecular complexity index is 981. The number of fused-ring (bicyclic) bond motifs is 1. The molecule has 4 rings (SSSR count). The maximum atomic E-state index is 6.01. The third-order valence-electron chi connectivity index (χ3n) is 4.96. The molecule has 3 aromatic rings. The molecule has 4 nitrogen and oxygen atoms in total. The van der Waals surface area contributed by atoms with E-state index in [-0.39, 0.29) is 0 Å². The highest BCUT2D eigenvalue weighted by Crippen LogP contribution is 2.40. The van der Waals surface area contributed by atoms with Gasteiger partial charge < -0.3 is 15.4 Å². The van der Waals surface area contributed by atoms with Crippen molar-refractivity contribution in [2.24, 2.45) is 0 Å². The Labute approximate surface area is 154 Å². The molecule has 2 aromatic carbocycles. The van der Waals surface area contributed by atoms with Crippen LogP contribution in [-0.4, -0.2) is 18.6 Å². The van der Waals surface area contributed by atoms with E-state index >= 15 is 0 Å². The Morgan fingerprint density at radius 1 is 1.08 bits per heavy atom. The van der Waals surface area contributed by atoms with Crippen molar-refractivity contribution in [2.75, 3.05) is 24.3 Å². The van der Waals surface area contributed by atoms with Gasteiger partial charge in [-0.2, -0.15) is 0 Å². The molecule has 1 aliphatic heterocycles. The van der Waals surface area contributed by atoms with Crippen LogP contribution in [0, 0.1) is 13.8 Å². The molecule has 1 aliphatic rings. The van der Waals surface area contributed by atoms with Crippen molar-refractivity contribution in [1.82, 2.24) is 4.98 Å². The number of pyridine rings is 1. The molecule has 4 heteroatoms. The number of hydrogen-bond donors (Lipinski definition) is 1. The van der Waals surface area contributed by atoms with Gasteiger partial charge in [-0.15, -0.1) is 0 Å². The maximum Gasteiger partial charge on any atom is 0.137 e. The van der Waals surface area contributed by atoms with E-state index in [4.69, 9.17) is 15.5 Å². The second kappa shape index (κ2) is 6.37. The highest BCUT2D eigenvalue weighted by atomic mass is 16.5. The molecule has 132 valence electrons. The molecule has 0 unspecified atom stereocenters. The lowest BCUT2D eigenvalue weighted by Gasteiger charge is -2.22. The first kappa shape index (κ1) is 16.5. The number of aromatic nitrogens is 1. The van der Waals surface area contributed by atoms with E-state index in [1.165, 1.54) is 22.4 Å². The third-order valence-corrected chi connectivity index (χ3v) is 4.96. The summed E-state index contributed by atoms with van der Waals surface area (Å²) in [5.41, 5.74) is 13.8. The van der Waals surface area contributed by atoms with Crippen molar-refractivity contribution < 1.29 is 4.74 Å². The largest absolute Gasteiger partial charge is 0.497 e. The van der Waals surface area contributed by atoms with Crippen LogP contribution in [0.1, 0.15) is 16.8 Å². The van der Waals surface area contributed by atoms with Crippen molar-refractivity contribution in [3.63, 3.8) is 0 Å². The molecule has 0 saturated heterocycles. The number of ether oxygens (including phenoxy) is 1. The fourth-order valence-corrected chi connectivity index (χ4v) is 3.74. The fraction of sp³-hybridized carbons (Fsp3) is 0.227. The molecule has 26 heavy (non-hydrogen) atoms. The van der Waals surface area contributed by atoms with Crippen LogP contribution < -0.4 is 15.4 Å². The topological polar surface area (TPSA) is 51.4 Å². The number of nitrogens with two attached hydrogens (primary N) is 1. The minimum absolute atomic E-state index is 0.784. The zero-order valence-electron chi connectivity index (χ0n) is 15.4. The number of nitrogens with zero attached hydrogens (tertiary/aromatic N) is 2. The summed E-state index contributed by atoms with van der Waals surface area (Å²) >= 11 is 0. The lowest BCUT2D eigenvalue weighted by molar-refractivity contribution is 0.414. The summed E-state index contributed by atoms with van der Waals surface area (Å²) < 4.78 is 5.34. The minimum Gasteiger partial charge on any atom is -0.497 e. The van der Waals surface area contributed by atoms with Crippen molar-refractivity contribution in [2.45, 2.75) is 20.3 Å². The van der Waals surface area contributed by atoms with E-state index in [1.807, 2.05) is 31.2 Å². The number of nitrogen functional groups attached to an aromatic ring is 1. The second-order valence-electron chi connectivity index (χ2n) is 6.79. The second-order valence-corrected chi connectivity index (χ2v) is 6.79. The molecule has 1 aromatic heterocycles. The highest BCUT2D eigenvalue weighted by Gasteiger charge is 2.26. The van der Waals surface area contributed by atoms with E-state index in [1.54, 1.807) is 7.11 Å². The molecule has 0 spiro atoms. The normalized spacial score (nSPS) is 13.0. The van der Waals surface area contributed by atoms with E-state index in [0.717, 1.165) is 41.5 Å². The lowest BCUT2D eigenvalue weighted by Crippen LogP contribution is -2.15. The Morgan fingerprint density at radius 2 is 1.92 bits per heavy atom. The number of methoxy groups -OCH3 is 1. The molecule has 0 saturated carbocycles. The quantitative estimate of drug-likeness (QED) is 0.702. The van der Waals surface area contributed by atoms with Gasteiger partial charge in [0.25, 0.3) is 0 Å². The number of rotatable bonds is 3. The summed E-state index contributed by atoms with van der Waals surface area (Å²) in [6, 6.07) is 16.4. The number of anilines is 3. The van der Waals surface area contributed by atoms with Gasteiger partial charge in [-0.05, 0) is 73.4 Å². The zero-order chi connectivity index (χ0) is 18.3. The summed E-state index contributed by atoms with van der Waals surface area (Å²) in [5.74, 6) is 1.93. The van der Waals surface area contributed by atoms with E-state index < -0.39 is 0 Å². The van der Waals surface area contributed by atoms with Gasteiger partial charge in [-0.3, -0.25) is 0 Å². The fourth-order valence-electron chi connectivity index (χ4n) is 3.74. The maximum absolute atomic E-state index is 6.01. The number of benzene rings is 2. The highest BCUT2D eigenvalue weighted by molar-refractivity contribution is 5.80. The van der Waals surface area contributed by atoms with Crippen LogP contribution in [-0.2, 0) is 6.42 Å². The molecule has 2 heterocycles. The first-order chi connectivity index (χ1) is 12.6. The van der Waals surface area contributed by atoms with Gasteiger partial charge >= 0.3 is 0 Å². The van der Waals surface area contributed by atoms with Crippen molar-refractivity contribution in [1.29, 1.82) is 0 Å². The summed E-state index contributed by atoms with van der Waals surface area (Å²) in [4.78, 5) is 7.18. The van der Waals surface area contributed by atoms with Crippen LogP contribution >= 0.6 is 0 Å². The molecule has 0 bridgehead atoms. The number of aryl methyl sites for hydroxylation is 2. The van der Waals surface area contributed by atoms with Gasteiger partial charge in [0.15, 0.2) is 0 Å². The Hall–Kier alpha value is -3.01. The predicted octanol–water partition coefficient (Wildman–Crippen LogP) is 4.65. The monoisotopic (exact) mass is 345 g/mol. The van der Waals surface area contributed by atoms with Gasteiger partial charge in [0.05, 0.1) is 7.11 Å².